The molecule has 0 saturated carbocycles. The number of likely N-dealkylation sites (tertiary alicyclic amines) is 1. The molecule has 1 heterocycles. The zero-order valence-corrected chi connectivity index (χ0v) is 15.2. The maximum absolute atomic E-state index is 14.0. The lowest BCUT2D eigenvalue weighted by molar-refractivity contribution is -0.131. The minimum absolute atomic E-state index is 0.00554. The topological polar surface area (TPSA) is 66.5 Å². The summed E-state index contributed by atoms with van der Waals surface area (Å²) >= 11 is 0. The van der Waals surface area contributed by atoms with E-state index in [-0.39, 0.29) is 23.8 Å². The van der Waals surface area contributed by atoms with Crippen molar-refractivity contribution in [1.29, 1.82) is 0 Å². The molecule has 1 aliphatic rings. The molecule has 2 atom stereocenters. The minimum atomic E-state index is -3.28. The second-order valence-electron chi connectivity index (χ2n) is 6.97. The number of hydrogen-bond acceptors (Lipinski definition) is 4. The van der Waals surface area contributed by atoms with Gasteiger partial charge in [0.1, 0.15) is 5.82 Å². The van der Waals surface area contributed by atoms with Gasteiger partial charge in [-0.25, -0.2) is 12.8 Å². The van der Waals surface area contributed by atoms with Gasteiger partial charge in [0.25, 0.3) is 0 Å². The highest BCUT2D eigenvalue weighted by Crippen LogP contribution is 2.21. The molecular weight excluding hydrogens is 331 g/mol. The Labute approximate surface area is 143 Å². The van der Waals surface area contributed by atoms with Crippen LogP contribution in [0.3, 0.4) is 0 Å². The SMILES string of the molecule is CC1CC(C)CN(C(=O)CNc2ccc(CS(C)(=O)=O)c(F)c2)C1. The molecule has 2 unspecified atom stereocenters. The zero-order chi connectivity index (χ0) is 17.9. The molecule has 134 valence electrons. The van der Waals surface area contributed by atoms with E-state index in [1.807, 2.05) is 4.90 Å². The number of benzene rings is 1. The summed E-state index contributed by atoms with van der Waals surface area (Å²) in [6, 6.07) is 4.27. The summed E-state index contributed by atoms with van der Waals surface area (Å²) < 4.78 is 36.5. The van der Waals surface area contributed by atoms with Gasteiger partial charge in [-0.15, -0.1) is 0 Å². The molecule has 1 aliphatic heterocycles. The van der Waals surface area contributed by atoms with Crippen molar-refractivity contribution < 1.29 is 17.6 Å². The number of nitrogens with one attached hydrogen (secondary N) is 1. The number of halogens is 1. The molecule has 1 amide bonds. The molecule has 1 saturated heterocycles. The van der Waals surface area contributed by atoms with E-state index in [0.29, 0.717) is 17.5 Å². The van der Waals surface area contributed by atoms with Crippen LogP contribution >= 0.6 is 0 Å². The standard InChI is InChI=1S/C17H25FN2O3S/c1-12-6-13(2)10-20(9-12)17(21)8-19-15-5-4-14(16(18)7-15)11-24(3,22)23/h4-5,7,12-13,19H,6,8-11H2,1-3H3. The van der Waals surface area contributed by atoms with Gasteiger partial charge in [-0.1, -0.05) is 19.9 Å². The number of carbonyl (C=O) groups excluding carboxylic acids is 1. The lowest BCUT2D eigenvalue weighted by Crippen LogP contribution is -2.44. The zero-order valence-electron chi connectivity index (χ0n) is 14.4. The number of hydrogen-bond donors (Lipinski definition) is 1. The summed E-state index contributed by atoms with van der Waals surface area (Å²) in [7, 11) is -3.28. The van der Waals surface area contributed by atoms with Crippen molar-refractivity contribution in [2.75, 3.05) is 31.2 Å². The van der Waals surface area contributed by atoms with Crippen LogP contribution in [0.5, 0.6) is 0 Å². The van der Waals surface area contributed by atoms with Crippen molar-refractivity contribution in [2.45, 2.75) is 26.0 Å². The lowest BCUT2D eigenvalue weighted by atomic mass is 9.92. The summed E-state index contributed by atoms with van der Waals surface area (Å²) in [6.45, 7) is 5.89. The van der Waals surface area contributed by atoms with Crippen LogP contribution < -0.4 is 5.32 Å². The largest absolute Gasteiger partial charge is 0.376 e. The predicted molar refractivity (Wildman–Crippen MR) is 93.0 cm³/mol. The number of anilines is 1. The number of piperidine rings is 1. The van der Waals surface area contributed by atoms with Gasteiger partial charge < -0.3 is 10.2 Å². The summed E-state index contributed by atoms with van der Waals surface area (Å²) in [5.41, 5.74) is 0.601. The lowest BCUT2D eigenvalue weighted by Gasteiger charge is -2.35. The van der Waals surface area contributed by atoms with Crippen molar-refractivity contribution in [1.82, 2.24) is 4.90 Å². The predicted octanol–water partition coefficient (Wildman–Crippen LogP) is 2.29. The maximum Gasteiger partial charge on any atom is 0.241 e. The van der Waals surface area contributed by atoms with Crippen molar-refractivity contribution in [3.05, 3.63) is 29.6 Å². The van der Waals surface area contributed by atoms with Crippen LogP contribution in [-0.2, 0) is 20.4 Å². The minimum Gasteiger partial charge on any atom is -0.376 e. The monoisotopic (exact) mass is 356 g/mol. The van der Waals surface area contributed by atoms with Crippen molar-refractivity contribution in [3.63, 3.8) is 0 Å². The van der Waals surface area contributed by atoms with Crippen LogP contribution in [0, 0.1) is 17.7 Å². The third-order valence-electron chi connectivity index (χ3n) is 4.14. The molecule has 0 aromatic heterocycles. The van der Waals surface area contributed by atoms with Crippen LogP contribution in [0.4, 0.5) is 10.1 Å². The number of rotatable bonds is 5. The van der Waals surface area contributed by atoms with Gasteiger partial charge in [0, 0.05) is 30.6 Å². The van der Waals surface area contributed by atoms with Gasteiger partial charge in [-0.3, -0.25) is 4.79 Å². The fourth-order valence-electron chi connectivity index (χ4n) is 3.21. The van der Waals surface area contributed by atoms with Gasteiger partial charge in [0.2, 0.25) is 5.91 Å². The van der Waals surface area contributed by atoms with E-state index >= 15 is 0 Å². The van der Waals surface area contributed by atoms with Crippen molar-refractivity contribution >= 4 is 21.4 Å². The van der Waals surface area contributed by atoms with E-state index < -0.39 is 15.7 Å². The fourth-order valence-corrected chi connectivity index (χ4v) is 4.01. The number of carbonyl (C=O) groups is 1. The van der Waals surface area contributed by atoms with Gasteiger partial charge >= 0.3 is 0 Å². The quantitative estimate of drug-likeness (QED) is 0.879. The van der Waals surface area contributed by atoms with Crippen molar-refractivity contribution in [3.8, 4) is 0 Å². The summed E-state index contributed by atoms with van der Waals surface area (Å²) in [5, 5.41) is 2.92. The van der Waals surface area contributed by atoms with Crippen LogP contribution in [0.1, 0.15) is 25.8 Å². The molecule has 1 aromatic rings. The van der Waals surface area contributed by atoms with E-state index in [2.05, 4.69) is 19.2 Å². The Bertz CT molecular complexity index is 696. The highest BCUT2D eigenvalue weighted by molar-refractivity contribution is 7.89. The molecule has 24 heavy (non-hydrogen) atoms. The second kappa shape index (κ2) is 7.51. The average Bonchev–Trinajstić information content (AvgIpc) is 2.45. The molecule has 7 heteroatoms. The average molecular weight is 356 g/mol. The Kier molecular flexibility index (Phi) is 5.85. The number of sulfone groups is 1. The molecule has 0 bridgehead atoms. The third kappa shape index (κ3) is 5.47. The van der Waals surface area contributed by atoms with E-state index in [1.165, 1.54) is 12.1 Å². The Balaban J connectivity index is 1.94. The molecule has 5 nitrogen and oxygen atoms in total. The molecule has 1 fully saturated rings. The first-order valence-electron chi connectivity index (χ1n) is 8.12. The maximum atomic E-state index is 14.0. The molecule has 0 radical (unpaired) electrons. The van der Waals surface area contributed by atoms with Crippen molar-refractivity contribution in [2.24, 2.45) is 11.8 Å². The summed E-state index contributed by atoms with van der Waals surface area (Å²) in [6.07, 6.45) is 2.20. The summed E-state index contributed by atoms with van der Waals surface area (Å²) in [4.78, 5) is 14.1. The first-order chi connectivity index (χ1) is 11.1. The van der Waals surface area contributed by atoms with Crippen LogP contribution in [0.2, 0.25) is 0 Å². The fraction of sp³-hybridized carbons (Fsp3) is 0.588. The first kappa shape index (κ1) is 18.7. The number of amides is 1. The normalized spacial score (nSPS) is 21.6. The van der Waals surface area contributed by atoms with Gasteiger partial charge in [-0.2, -0.15) is 0 Å². The Morgan fingerprint density at radius 2 is 1.92 bits per heavy atom. The van der Waals surface area contributed by atoms with Crippen LogP contribution in [0.15, 0.2) is 18.2 Å². The van der Waals surface area contributed by atoms with E-state index in [4.69, 9.17) is 0 Å². The molecule has 0 spiro atoms. The van der Waals surface area contributed by atoms with Gasteiger partial charge in [0.05, 0.1) is 12.3 Å². The molecule has 1 N–H and O–H groups in total. The van der Waals surface area contributed by atoms with E-state index in [0.717, 1.165) is 25.8 Å². The van der Waals surface area contributed by atoms with Gasteiger partial charge in [0.15, 0.2) is 9.84 Å². The molecule has 1 aromatic carbocycles. The third-order valence-corrected chi connectivity index (χ3v) is 4.97. The van der Waals surface area contributed by atoms with E-state index in [1.54, 1.807) is 6.07 Å². The first-order valence-corrected chi connectivity index (χ1v) is 10.2. The Morgan fingerprint density at radius 3 is 2.46 bits per heavy atom. The molecular formula is C17H25FN2O3S. The molecule has 2 rings (SSSR count). The highest BCUT2D eigenvalue weighted by atomic mass is 32.2. The summed E-state index contributed by atoms with van der Waals surface area (Å²) in [5.74, 6) is 0.0599. The highest BCUT2D eigenvalue weighted by Gasteiger charge is 2.25. The second-order valence-corrected chi connectivity index (χ2v) is 9.11. The van der Waals surface area contributed by atoms with Crippen LogP contribution in [0.25, 0.3) is 0 Å². The molecule has 0 aliphatic carbocycles. The van der Waals surface area contributed by atoms with E-state index in [9.17, 15) is 17.6 Å². The Hall–Kier alpha value is -1.63. The van der Waals surface area contributed by atoms with Crippen LogP contribution in [-0.4, -0.2) is 45.1 Å². The smallest absolute Gasteiger partial charge is 0.241 e. The Morgan fingerprint density at radius 1 is 1.29 bits per heavy atom. The number of nitrogens with zero attached hydrogens (tertiary/aromatic N) is 1. The van der Waals surface area contributed by atoms with Gasteiger partial charge in [-0.05, 0) is 30.4 Å².